The first-order valence-corrected chi connectivity index (χ1v) is 8.94. The van der Waals surface area contributed by atoms with Gasteiger partial charge in [0, 0.05) is 30.9 Å². The third-order valence-electron chi connectivity index (χ3n) is 4.44. The van der Waals surface area contributed by atoms with Gasteiger partial charge in [-0.3, -0.25) is 0 Å². The van der Waals surface area contributed by atoms with Crippen molar-refractivity contribution in [1.82, 2.24) is 8.75 Å². The average Bonchev–Trinajstić information content (AvgIpc) is 3.17. The number of hydrogen-bond donors (Lipinski definition) is 0. The van der Waals surface area contributed by atoms with Gasteiger partial charge in [-0.1, -0.05) is 36.4 Å². The van der Waals surface area contributed by atoms with E-state index >= 15 is 0 Å². The second-order valence-corrected chi connectivity index (χ2v) is 6.78. The molecule has 0 N–H and O–H groups in total. The standard InChI is InChI=1S/C21H16N4S/c1-25(2)17-9-7-16(8-10-17)19-12-11-18(20-21(19)24-26-23-20)15-5-3-14(13-22)4-6-15/h3-12H,1-2H3. The Morgan fingerprint density at radius 1 is 0.769 bits per heavy atom. The second kappa shape index (κ2) is 6.58. The van der Waals surface area contributed by atoms with Gasteiger partial charge in [0.05, 0.1) is 23.4 Å². The smallest absolute Gasteiger partial charge is 0.113 e. The molecule has 0 saturated heterocycles. The molecular formula is C21H16N4S. The molecule has 0 aliphatic heterocycles. The number of nitriles is 1. The number of benzene rings is 3. The van der Waals surface area contributed by atoms with Crippen molar-refractivity contribution in [2.24, 2.45) is 0 Å². The first-order chi connectivity index (χ1) is 12.7. The van der Waals surface area contributed by atoms with Gasteiger partial charge in [-0.15, -0.1) is 0 Å². The minimum absolute atomic E-state index is 0.652. The van der Waals surface area contributed by atoms with E-state index in [0.29, 0.717) is 5.56 Å². The van der Waals surface area contributed by atoms with E-state index in [4.69, 9.17) is 5.26 Å². The third kappa shape index (κ3) is 2.81. The molecule has 4 nitrogen and oxygen atoms in total. The van der Waals surface area contributed by atoms with Gasteiger partial charge in [0.25, 0.3) is 0 Å². The van der Waals surface area contributed by atoms with Crippen LogP contribution in [0.5, 0.6) is 0 Å². The Balaban J connectivity index is 1.82. The maximum Gasteiger partial charge on any atom is 0.113 e. The Morgan fingerprint density at radius 2 is 1.27 bits per heavy atom. The van der Waals surface area contributed by atoms with Crippen LogP contribution in [0.1, 0.15) is 5.56 Å². The maximum atomic E-state index is 8.98. The van der Waals surface area contributed by atoms with Crippen molar-refractivity contribution in [1.29, 1.82) is 5.26 Å². The minimum Gasteiger partial charge on any atom is -0.378 e. The highest BCUT2D eigenvalue weighted by molar-refractivity contribution is 7.00. The summed E-state index contributed by atoms with van der Waals surface area (Å²) in [6, 6.07) is 22.3. The Hall–Kier alpha value is -3.23. The van der Waals surface area contributed by atoms with Crippen LogP contribution in [-0.2, 0) is 0 Å². The van der Waals surface area contributed by atoms with Crippen LogP contribution < -0.4 is 4.90 Å². The van der Waals surface area contributed by atoms with Crippen molar-refractivity contribution in [3.05, 3.63) is 66.2 Å². The van der Waals surface area contributed by atoms with Crippen molar-refractivity contribution in [3.63, 3.8) is 0 Å². The van der Waals surface area contributed by atoms with Crippen LogP contribution in [0.25, 0.3) is 33.3 Å². The molecule has 5 heteroatoms. The number of nitrogens with zero attached hydrogens (tertiary/aromatic N) is 4. The van der Waals surface area contributed by atoms with Crippen LogP contribution in [-0.4, -0.2) is 22.8 Å². The molecule has 126 valence electrons. The quantitative estimate of drug-likeness (QED) is 0.520. The van der Waals surface area contributed by atoms with Gasteiger partial charge in [-0.25, -0.2) is 0 Å². The lowest BCUT2D eigenvalue weighted by Gasteiger charge is -2.13. The summed E-state index contributed by atoms with van der Waals surface area (Å²) in [5, 5.41) is 8.98. The monoisotopic (exact) mass is 356 g/mol. The molecule has 0 bridgehead atoms. The first-order valence-electron chi connectivity index (χ1n) is 8.21. The molecule has 0 aliphatic rings. The number of rotatable bonds is 3. The Bertz CT molecular complexity index is 1100. The van der Waals surface area contributed by atoms with Crippen LogP contribution in [0, 0.1) is 11.3 Å². The molecule has 4 rings (SSSR count). The van der Waals surface area contributed by atoms with E-state index in [1.54, 1.807) is 0 Å². The van der Waals surface area contributed by atoms with Crippen LogP contribution in [0.2, 0.25) is 0 Å². The zero-order valence-electron chi connectivity index (χ0n) is 14.5. The highest BCUT2D eigenvalue weighted by Crippen LogP contribution is 2.35. The van der Waals surface area contributed by atoms with Crippen molar-refractivity contribution in [2.45, 2.75) is 0 Å². The summed E-state index contributed by atoms with van der Waals surface area (Å²) in [7, 11) is 4.06. The summed E-state index contributed by atoms with van der Waals surface area (Å²) in [5.41, 5.74) is 7.90. The Morgan fingerprint density at radius 3 is 1.73 bits per heavy atom. The molecule has 1 heterocycles. The average molecular weight is 356 g/mol. The predicted octanol–water partition coefficient (Wildman–Crippen LogP) is 4.96. The number of anilines is 1. The summed E-state index contributed by atoms with van der Waals surface area (Å²) in [6.07, 6.45) is 0. The number of fused-ring (bicyclic) bond motifs is 1. The van der Waals surface area contributed by atoms with Gasteiger partial charge < -0.3 is 4.90 Å². The van der Waals surface area contributed by atoms with Gasteiger partial charge in [0.15, 0.2) is 0 Å². The normalized spacial score (nSPS) is 10.7. The largest absolute Gasteiger partial charge is 0.378 e. The number of aromatic nitrogens is 2. The van der Waals surface area contributed by atoms with Gasteiger partial charge in [0.2, 0.25) is 0 Å². The van der Waals surface area contributed by atoms with Crippen molar-refractivity contribution >= 4 is 28.4 Å². The van der Waals surface area contributed by atoms with Gasteiger partial charge in [0.1, 0.15) is 11.0 Å². The second-order valence-electron chi connectivity index (χ2n) is 6.25. The number of hydrogen-bond acceptors (Lipinski definition) is 5. The summed E-state index contributed by atoms with van der Waals surface area (Å²) in [5.74, 6) is 0. The fraction of sp³-hybridized carbons (Fsp3) is 0.0952. The van der Waals surface area contributed by atoms with Crippen molar-refractivity contribution in [3.8, 4) is 28.3 Å². The van der Waals surface area contributed by atoms with Crippen LogP contribution >= 0.6 is 11.7 Å². The molecule has 0 amide bonds. The molecule has 0 radical (unpaired) electrons. The fourth-order valence-corrected chi connectivity index (χ4v) is 3.57. The molecule has 26 heavy (non-hydrogen) atoms. The molecule has 4 aromatic rings. The van der Waals surface area contributed by atoms with Crippen molar-refractivity contribution < 1.29 is 0 Å². The zero-order chi connectivity index (χ0) is 18.1. The van der Waals surface area contributed by atoms with E-state index in [0.717, 1.165) is 39.0 Å². The van der Waals surface area contributed by atoms with E-state index < -0.39 is 0 Å². The molecule has 0 saturated carbocycles. The summed E-state index contributed by atoms with van der Waals surface area (Å²) >= 11 is 1.23. The molecule has 0 unspecified atom stereocenters. The molecular weight excluding hydrogens is 340 g/mol. The highest BCUT2D eigenvalue weighted by Gasteiger charge is 2.13. The molecule has 0 aliphatic carbocycles. The van der Waals surface area contributed by atoms with Gasteiger partial charge in [-0.05, 0) is 35.4 Å². The van der Waals surface area contributed by atoms with Gasteiger partial charge >= 0.3 is 0 Å². The molecule has 3 aromatic carbocycles. The molecule has 0 spiro atoms. The van der Waals surface area contributed by atoms with E-state index in [1.807, 2.05) is 38.4 Å². The highest BCUT2D eigenvalue weighted by atomic mass is 32.1. The predicted molar refractivity (Wildman–Crippen MR) is 107 cm³/mol. The SMILES string of the molecule is CN(C)c1ccc(-c2ccc(-c3ccc(C#N)cc3)c3nsnc23)cc1. The third-order valence-corrected chi connectivity index (χ3v) is 4.96. The first kappa shape index (κ1) is 16.2. The fourth-order valence-electron chi connectivity index (χ4n) is 3.00. The maximum absolute atomic E-state index is 8.98. The zero-order valence-corrected chi connectivity index (χ0v) is 15.3. The van der Waals surface area contributed by atoms with E-state index in [9.17, 15) is 0 Å². The minimum atomic E-state index is 0.652. The van der Waals surface area contributed by atoms with E-state index in [-0.39, 0.29) is 0 Å². The van der Waals surface area contributed by atoms with Crippen LogP contribution in [0.4, 0.5) is 5.69 Å². The van der Waals surface area contributed by atoms with E-state index in [2.05, 4.69) is 56.1 Å². The lowest BCUT2D eigenvalue weighted by atomic mass is 9.97. The van der Waals surface area contributed by atoms with Crippen molar-refractivity contribution in [2.75, 3.05) is 19.0 Å². The van der Waals surface area contributed by atoms with Crippen LogP contribution in [0.3, 0.4) is 0 Å². The van der Waals surface area contributed by atoms with Gasteiger partial charge in [-0.2, -0.15) is 14.0 Å². The van der Waals surface area contributed by atoms with Crippen LogP contribution in [0.15, 0.2) is 60.7 Å². The summed E-state index contributed by atoms with van der Waals surface area (Å²) in [4.78, 5) is 2.08. The molecule has 1 aromatic heterocycles. The molecule has 0 fully saturated rings. The lowest BCUT2D eigenvalue weighted by Crippen LogP contribution is -2.07. The summed E-state index contributed by atoms with van der Waals surface area (Å²) < 4.78 is 9.07. The summed E-state index contributed by atoms with van der Waals surface area (Å²) in [6.45, 7) is 0. The topological polar surface area (TPSA) is 52.8 Å². The molecule has 0 atom stereocenters. The Labute approximate surface area is 156 Å². The Kier molecular flexibility index (Phi) is 4.11. The lowest BCUT2D eigenvalue weighted by molar-refractivity contribution is 1.13. The van der Waals surface area contributed by atoms with E-state index in [1.165, 1.54) is 11.7 Å².